The van der Waals surface area contributed by atoms with Crippen LogP contribution in [0.4, 0.5) is 5.82 Å². The molecular formula is C18H23N5. The molecule has 5 nitrogen and oxygen atoms in total. The van der Waals surface area contributed by atoms with Gasteiger partial charge in [-0.15, -0.1) is 0 Å². The summed E-state index contributed by atoms with van der Waals surface area (Å²) in [6, 6.07) is 8.28. The summed E-state index contributed by atoms with van der Waals surface area (Å²) in [6.07, 6.45) is 5.50. The van der Waals surface area contributed by atoms with Gasteiger partial charge in [0.2, 0.25) is 0 Å². The molecule has 3 rings (SSSR count). The van der Waals surface area contributed by atoms with Gasteiger partial charge in [-0.1, -0.05) is 33.8 Å². The van der Waals surface area contributed by atoms with Gasteiger partial charge < -0.3 is 5.32 Å². The molecule has 0 saturated heterocycles. The van der Waals surface area contributed by atoms with Crippen LogP contribution in [0.5, 0.6) is 0 Å². The quantitative estimate of drug-likeness (QED) is 0.772. The molecule has 1 N–H and O–H groups in total. The van der Waals surface area contributed by atoms with E-state index in [2.05, 4.69) is 60.2 Å². The molecule has 0 radical (unpaired) electrons. The van der Waals surface area contributed by atoms with E-state index in [1.54, 1.807) is 12.4 Å². The highest BCUT2D eigenvalue weighted by Crippen LogP contribution is 2.27. The number of pyridine rings is 1. The number of nitrogens with zero attached hydrogens (tertiary/aromatic N) is 4. The third kappa shape index (κ3) is 3.18. The molecule has 1 atom stereocenters. The van der Waals surface area contributed by atoms with Gasteiger partial charge in [-0.2, -0.15) is 9.61 Å². The molecule has 0 aliphatic carbocycles. The Hall–Kier alpha value is -2.43. The molecule has 3 heterocycles. The van der Waals surface area contributed by atoms with Crippen LogP contribution in [0.25, 0.3) is 5.65 Å². The van der Waals surface area contributed by atoms with E-state index in [1.807, 2.05) is 22.8 Å². The van der Waals surface area contributed by atoms with E-state index in [-0.39, 0.29) is 6.04 Å². The van der Waals surface area contributed by atoms with Gasteiger partial charge >= 0.3 is 0 Å². The lowest BCUT2D eigenvalue weighted by atomic mass is 9.97. The number of fused-ring (bicyclic) bond motifs is 1. The van der Waals surface area contributed by atoms with E-state index < -0.39 is 0 Å². The average Bonchev–Trinajstić information content (AvgIpc) is 3.01. The van der Waals surface area contributed by atoms with E-state index in [1.165, 1.54) is 5.56 Å². The Kier molecular flexibility index (Phi) is 4.28. The lowest BCUT2D eigenvalue weighted by molar-refractivity contribution is 0.541. The summed E-state index contributed by atoms with van der Waals surface area (Å²) < 4.78 is 1.86. The van der Waals surface area contributed by atoms with Gasteiger partial charge in [0.05, 0.1) is 12.2 Å². The Labute approximate surface area is 136 Å². The van der Waals surface area contributed by atoms with Crippen molar-refractivity contribution in [3.63, 3.8) is 0 Å². The fourth-order valence-corrected chi connectivity index (χ4v) is 2.69. The van der Waals surface area contributed by atoms with Gasteiger partial charge in [0, 0.05) is 30.2 Å². The normalized spacial score (nSPS) is 13.0. The lowest BCUT2D eigenvalue weighted by Gasteiger charge is -2.24. The van der Waals surface area contributed by atoms with Gasteiger partial charge in [-0.05, 0) is 23.5 Å². The summed E-state index contributed by atoms with van der Waals surface area (Å²) in [7, 11) is 0. The molecule has 0 fully saturated rings. The first-order chi connectivity index (χ1) is 11.1. The third-order valence-corrected chi connectivity index (χ3v) is 3.98. The summed E-state index contributed by atoms with van der Waals surface area (Å²) >= 11 is 0. The van der Waals surface area contributed by atoms with Crippen LogP contribution in [0, 0.1) is 5.92 Å². The zero-order chi connectivity index (χ0) is 16.4. The van der Waals surface area contributed by atoms with E-state index in [9.17, 15) is 0 Å². The maximum atomic E-state index is 4.67. The third-order valence-electron chi connectivity index (χ3n) is 3.98. The van der Waals surface area contributed by atoms with Crippen molar-refractivity contribution in [2.75, 3.05) is 5.32 Å². The van der Waals surface area contributed by atoms with E-state index in [4.69, 9.17) is 0 Å². The van der Waals surface area contributed by atoms with Crippen molar-refractivity contribution in [2.45, 2.75) is 39.7 Å². The number of aromatic nitrogens is 4. The molecule has 5 heteroatoms. The van der Waals surface area contributed by atoms with Crippen LogP contribution in [0.3, 0.4) is 0 Å². The molecule has 0 aromatic carbocycles. The second kappa shape index (κ2) is 6.36. The predicted octanol–water partition coefficient (Wildman–Crippen LogP) is 4.06. The number of nitrogens with one attached hydrogen (secondary N) is 1. The molecule has 0 aliphatic rings. The predicted molar refractivity (Wildman–Crippen MR) is 92.5 cm³/mol. The van der Waals surface area contributed by atoms with Crippen molar-refractivity contribution in [1.82, 2.24) is 19.6 Å². The van der Waals surface area contributed by atoms with Crippen LogP contribution < -0.4 is 5.32 Å². The highest BCUT2D eigenvalue weighted by molar-refractivity contribution is 5.50. The average molecular weight is 309 g/mol. The van der Waals surface area contributed by atoms with Crippen molar-refractivity contribution in [2.24, 2.45) is 5.92 Å². The van der Waals surface area contributed by atoms with Crippen molar-refractivity contribution in [1.29, 1.82) is 0 Å². The van der Waals surface area contributed by atoms with Crippen LogP contribution in [0.2, 0.25) is 0 Å². The molecular weight excluding hydrogens is 286 g/mol. The second-order valence-electron chi connectivity index (χ2n) is 6.47. The Morgan fingerprint density at radius 1 is 1.09 bits per heavy atom. The van der Waals surface area contributed by atoms with Gasteiger partial charge in [0.25, 0.3) is 0 Å². The fraction of sp³-hybridized carbons (Fsp3) is 0.389. The Balaban J connectivity index is 2.03. The minimum absolute atomic E-state index is 0.165. The molecule has 0 saturated carbocycles. The first-order valence-electron chi connectivity index (χ1n) is 8.07. The van der Waals surface area contributed by atoms with Gasteiger partial charge in [0.1, 0.15) is 5.82 Å². The topological polar surface area (TPSA) is 55.1 Å². The van der Waals surface area contributed by atoms with Crippen LogP contribution in [0.1, 0.15) is 50.9 Å². The minimum Gasteiger partial charge on any atom is -0.363 e. The van der Waals surface area contributed by atoms with Crippen molar-refractivity contribution in [3.8, 4) is 0 Å². The molecule has 120 valence electrons. The maximum absolute atomic E-state index is 4.67. The molecule has 23 heavy (non-hydrogen) atoms. The number of rotatable bonds is 5. The summed E-state index contributed by atoms with van der Waals surface area (Å²) in [5.74, 6) is 1.75. The summed E-state index contributed by atoms with van der Waals surface area (Å²) in [4.78, 5) is 8.92. The highest BCUT2D eigenvalue weighted by atomic mass is 15.3. The standard InChI is InChI=1S/C18H23N5/c1-12(2)15-10-17(23-16(21-15)7-9-20-23)22-18(13(3)4)14-6-5-8-19-11-14/h5-13,18,22H,1-4H3/t18-/m0/s1. The SMILES string of the molecule is CC(C)c1cc(N[C@H](c2cccnc2)C(C)C)n2nccc2n1. The zero-order valence-electron chi connectivity index (χ0n) is 14.1. The van der Waals surface area contributed by atoms with Crippen LogP contribution in [-0.2, 0) is 0 Å². The number of hydrogen-bond acceptors (Lipinski definition) is 4. The molecule has 3 aromatic heterocycles. The number of anilines is 1. The first-order valence-corrected chi connectivity index (χ1v) is 8.07. The maximum Gasteiger partial charge on any atom is 0.157 e. The lowest BCUT2D eigenvalue weighted by Crippen LogP contribution is -2.19. The van der Waals surface area contributed by atoms with Crippen LogP contribution in [-0.4, -0.2) is 19.6 Å². The smallest absolute Gasteiger partial charge is 0.157 e. The van der Waals surface area contributed by atoms with Crippen LogP contribution in [0.15, 0.2) is 42.9 Å². The van der Waals surface area contributed by atoms with E-state index >= 15 is 0 Å². The Bertz CT molecular complexity index is 776. The minimum atomic E-state index is 0.165. The fourth-order valence-electron chi connectivity index (χ4n) is 2.69. The molecule has 0 unspecified atom stereocenters. The first kappa shape index (κ1) is 15.5. The Morgan fingerprint density at radius 3 is 2.57 bits per heavy atom. The van der Waals surface area contributed by atoms with Crippen molar-refractivity contribution < 1.29 is 0 Å². The molecule has 0 spiro atoms. The molecule has 0 aliphatic heterocycles. The monoisotopic (exact) mass is 309 g/mol. The van der Waals surface area contributed by atoms with Gasteiger partial charge in [-0.25, -0.2) is 4.98 Å². The molecule has 3 aromatic rings. The number of hydrogen-bond donors (Lipinski definition) is 1. The largest absolute Gasteiger partial charge is 0.363 e. The highest BCUT2D eigenvalue weighted by Gasteiger charge is 2.18. The van der Waals surface area contributed by atoms with Gasteiger partial charge in [-0.3, -0.25) is 4.98 Å². The molecule has 0 amide bonds. The zero-order valence-corrected chi connectivity index (χ0v) is 14.1. The summed E-state index contributed by atoms with van der Waals surface area (Å²) in [5, 5.41) is 8.04. The van der Waals surface area contributed by atoms with Crippen molar-refractivity contribution in [3.05, 3.63) is 54.1 Å². The van der Waals surface area contributed by atoms with E-state index in [0.717, 1.165) is 17.2 Å². The second-order valence-corrected chi connectivity index (χ2v) is 6.47. The van der Waals surface area contributed by atoms with Crippen LogP contribution >= 0.6 is 0 Å². The van der Waals surface area contributed by atoms with E-state index in [0.29, 0.717) is 11.8 Å². The summed E-state index contributed by atoms with van der Waals surface area (Å²) in [5.41, 5.74) is 3.10. The summed E-state index contributed by atoms with van der Waals surface area (Å²) in [6.45, 7) is 8.71. The van der Waals surface area contributed by atoms with Gasteiger partial charge in [0.15, 0.2) is 5.65 Å². The van der Waals surface area contributed by atoms with Crippen molar-refractivity contribution >= 4 is 11.5 Å². The Morgan fingerprint density at radius 2 is 1.91 bits per heavy atom. The molecule has 0 bridgehead atoms.